The monoisotopic (exact) mass is 250 g/mol. The predicted octanol–water partition coefficient (Wildman–Crippen LogP) is 0.964. The summed E-state index contributed by atoms with van der Waals surface area (Å²) in [4.78, 5) is 17.7. The number of ether oxygens (including phenoxy) is 1. The van der Waals surface area contributed by atoms with E-state index in [1.165, 1.54) is 6.20 Å². The van der Waals surface area contributed by atoms with Gasteiger partial charge in [0.1, 0.15) is 5.75 Å². The van der Waals surface area contributed by atoms with Gasteiger partial charge >= 0.3 is 0 Å². The summed E-state index contributed by atoms with van der Waals surface area (Å²) in [6.45, 7) is 2.66. The van der Waals surface area contributed by atoms with E-state index in [1.807, 2.05) is 11.8 Å². The number of carbonyl (C=O) groups is 1. The van der Waals surface area contributed by atoms with Gasteiger partial charge in [0.2, 0.25) is 0 Å². The second-order valence-corrected chi connectivity index (χ2v) is 4.34. The van der Waals surface area contributed by atoms with E-state index in [0.29, 0.717) is 17.5 Å². The van der Waals surface area contributed by atoms with E-state index in [0.717, 1.165) is 19.4 Å². The number of rotatable bonds is 6. The summed E-state index contributed by atoms with van der Waals surface area (Å²) in [5, 5.41) is 8.86. The van der Waals surface area contributed by atoms with Gasteiger partial charge in [0, 0.05) is 12.6 Å². The number of pyridine rings is 1. The van der Waals surface area contributed by atoms with E-state index < -0.39 is 0 Å². The van der Waals surface area contributed by atoms with E-state index in [2.05, 4.69) is 4.98 Å². The smallest absolute Gasteiger partial charge is 0.260 e. The van der Waals surface area contributed by atoms with Gasteiger partial charge in [0.15, 0.2) is 6.61 Å². The van der Waals surface area contributed by atoms with Crippen LogP contribution in [0.15, 0.2) is 18.3 Å². The average Bonchev–Trinajstić information content (AvgIpc) is 3.22. The van der Waals surface area contributed by atoms with Gasteiger partial charge in [-0.05, 0) is 31.9 Å². The first kappa shape index (κ1) is 12.8. The molecule has 0 aromatic carbocycles. The molecular formula is C13H18N2O3. The van der Waals surface area contributed by atoms with Crippen LogP contribution < -0.4 is 4.74 Å². The molecule has 1 heterocycles. The highest BCUT2D eigenvalue weighted by Crippen LogP contribution is 2.26. The van der Waals surface area contributed by atoms with Crippen LogP contribution in [0.3, 0.4) is 0 Å². The number of nitrogens with zero attached hydrogens (tertiary/aromatic N) is 2. The topological polar surface area (TPSA) is 62.7 Å². The molecule has 1 aliphatic carbocycles. The van der Waals surface area contributed by atoms with Crippen LogP contribution >= 0.6 is 0 Å². The lowest BCUT2D eigenvalue weighted by atomic mass is 10.3. The molecule has 98 valence electrons. The second-order valence-electron chi connectivity index (χ2n) is 4.34. The molecule has 1 fully saturated rings. The number of hydrogen-bond donors (Lipinski definition) is 1. The normalized spacial score (nSPS) is 14.3. The Hall–Kier alpha value is -1.62. The van der Waals surface area contributed by atoms with Crippen LogP contribution in [0.5, 0.6) is 5.75 Å². The molecule has 1 saturated carbocycles. The maximum atomic E-state index is 11.9. The number of likely N-dealkylation sites (N-methyl/N-ethyl adjacent to an activating group) is 1. The van der Waals surface area contributed by atoms with Crippen LogP contribution in [0, 0.1) is 0 Å². The van der Waals surface area contributed by atoms with Crippen molar-refractivity contribution >= 4 is 5.91 Å². The molecular weight excluding hydrogens is 232 g/mol. The zero-order valence-electron chi connectivity index (χ0n) is 10.5. The fraction of sp³-hybridized carbons (Fsp3) is 0.538. The van der Waals surface area contributed by atoms with Gasteiger partial charge in [-0.2, -0.15) is 0 Å². The Morgan fingerprint density at radius 2 is 2.33 bits per heavy atom. The molecule has 0 aliphatic heterocycles. The van der Waals surface area contributed by atoms with Crippen molar-refractivity contribution in [3.63, 3.8) is 0 Å². The molecule has 2 rings (SSSR count). The maximum Gasteiger partial charge on any atom is 0.260 e. The molecule has 1 amide bonds. The van der Waals surface area contributed by atoms with Gasteiger partial charge in [-0.15, -0.1) is 0 Å². The number of hydrogen-bond acceptors (Lipinski definition) is 4. The number of aliphatic hydroxyl groups excluding tert-OH is 1. The van der Waals surface area contributed by atoms with Gasteiger partial charge in [-0.3, -0.25) is 9.78 Å². The maximum absolute atomic E-state index is 11.9. The molecule has 0 atom stereocenters. The van der Waals surface area contributed by atoms with Gasteiger partial charge in [-0.1, -0.05) is 0 Å². The van der Waals surface area contributed by atoms with Gasteiger partial charge in [0.05, 0.1) is 18.5 Å². The van der Waals surface area contributed by atoms with Gasteiger partial charge < -0.3 is 14.7 Å². The first-order valence-electron chi connectivity index (χ1n) is 6.22. The SMILES string of the molecule is CCN(C(=O)COc1ccc(CO)nc1)C1CC1. The fourth-order valence-electron chi connectivity index (χ4n) is 1.84. The Bertz CT molecular complexity index is 401. The Labute approximate surface area is 106 Å². The molecule has 0 unspecified atom stereocenters. The summed E-state index contributed by atoms with van der Waals surface area (Å²) < 4.78 is 5.39. The fourth-order valence-corrected chi connectivity index (χ4v) is 1.84. The molecule has 1 aromatic heterocycles. The molecule has 1 aliphatic rings. The van der Waals surface area contributed by atoms with E-state index in [1.54, 1.807) is 12.1 Å². The van der Waals surface area contributed by atoms with Crippen LogP contribution in [-0.4, -0.2) is 40.1 Å². The summed E-state index contributed by atoms with van der Waals surface area (Å²) in [7, 11) is 0. The van der Waals surface area contributed by atoms with Crippen molar-refractivity contribution < 1.29 is 14.6 Å². The summed E-state index contributed by atoms with van der Waals surface area (Å²) in [5.74, 6) is 0.568. The highest BCUT2D eigenvalue weighted by atomic mass is 16.5. The molecule has 5 nitrogen and oxygen atoms in total. The third kappa shape index (κ3) is 3.20. The molecule has 1 N–H and O–H groups in total. The third-order valence-electron chi connectivity index (χ3n) is 2.97. The molecule has 0 spiro atoms. The van der Waals surface area contributed by atoms with Crippen molar-refractivity contribution in [2.75, 3.05) is 13.2 Å². The predicted molar refractivity (Wildman–Crippen MR) is 66.1 cm³/mol. The van der Waals surface area contributed by atoms with Crippen LogP contribution in [0.1, 0.15) is 25.5 Å². The Morgan fingerprint density at radius 3 is 2.83 bits per heavy atom. The first-order valence-corrected chi connectivity index (χ1v) is 6.22. The second kappa shape index (κ2) is 5.82. The number of aliphatic hydroxyl groups is 1. The Balaban J connectivity index is 1.84. The third-order valence-corrected chi connectivity index (χ3v) is 2.97. The largest absolute Gasteiger partial charge is 0.482 e. The minimum atomic E-state index is -0.0928. The quantitative estimate of drug-likeness (QED) is 0.817. The molecule has 18 heavy (non-hydrogen) atoms. The minimum Gasteiger partial charge on any atom is -0.482 e. The summed E-state index contributed by atoms with van der Waals surface area (Å²) in [5.41, 5.74) is 0.585. The van der Waals surface area contributed by atoms with E-state index in [4.69, 9.17) is 9.84 Å². The zero-order valence-corrected chi connectivity index (χ0v) is 10.5. The van der Waals surface area contributed by atoms with Gasteiger partial charge in [0.25, 0.3) is 5.91 Å². The van der Waals surface area contributed by atoms with Gasteiger partial charge in [-0.25, -0.2) is 0 Å². The lowest BCUT2D eigenvalue weighted by Crippen LogP contribution is -2.36. The van der Waals surface area contributed by atoms with Crippen molar-refractivity contribution in [1.29, 1.82) is 0 Å². The summed E-state index contributed by atoms with van der Waals surface area (Å²) in [6.07, 6.45) is 3.73. The standard InChI is InChI=1S/C13H18N2O3/c1-2-15(11-4-5-11)13(17)9-18-12-6-3-10(8-16)14-7-12/h3,6-7,11,16H,2,4-5,8-9H2,1H3. The zero-order chi connectivity index (χ0) is 13.0. The van der Waals surface area contributed by atoms with E-state index in [-0.39, 0.29) is 19.1 Å². The Morgan fingerprint density at radius 1 is 1.56 bits per heavy atom. The molecule has 1 aromatic rings. The highest BCUT2D eigenvalue weighted by Gasteiger charge is 2.31. The van der Waals surface area contributed by atoms with Crippen LogP contribution in [0.4, 0.5) is 0 Å². The van der Waals surface area contributed by atoms with Crippen molar-refractivity contribution in [3.8, 4) is 5.75 Å². The van der Waals surface area contributed by atoms with Crippen molar-refractivity contribution in [2.45, 2.75) is 32.4 Å². The van der Waals surface area contributed by atoms with Crippen LogP contribution in [0.2, 0.25) is 0 Å². The molecule has 0 bridgehead atoms. The van der Waals surface area contributed by atoms with Crippen LogP contribution in [0.25, 0.3) is 0 Å². The van der Waals surface area contributed by atoms with E-state index in [9.17, 15) is 4.79 Å². The number of carbonyl (C=O) groups excluding carboxylic acids is 1. The molecule has 0 saturated heterocycles. The number of aromatic nitrogens is 1. The van der Waals surface area contributed by atoms with Crippen molar-refractivity contribution in [2.24, 2.45) is 0 Å². The van der Waals surface area contributed by atoms with Crippen molar-refractivity contribution in [1.82, 2.24) is 9.88 Å². The van der Waals surface area contributed by atoms with Crippen LogP contribution in [-0.2, 0) is 11.4 Å². The summed E-state index contributed by atoms with van der Waals surface area (Å²) in [6, 6.07) is 3.80. The van der Waals surface area contributed by atoms with Crippen molar-refractivity contribution in [3.05, 3.63) is 24.0 Å². The lowest BCUT2D eigenvalue weighted by Gasteiger charge is -2.20. The molecule has 5 heteroatoms. The van der Waals surface area contributed by atoms with E-state index >= 15 is 0 Å². The molecule has 0 radical (unpaired) electrons. The first-order chi connectivity index (χ1) is 8.74. The minimum absolute atomic E-state index is 0.0197. The average molecular weight is 250 g/mol. The Kier molecular flexibility index (Phi) is 4.15. The highest BCUT2D eigenvalue weighted by molar-refractivity contribution is 5.78. The summed E-state index contributed by atoms with van der Waals surface area (Å²) >= 11 is 0. The lowest BCUT2D eigenvalue weighted by molar-refractivity contribution is -0.133. The number of amides is 1.